The van der Waals surface area contributed by atoms with Crippen molar-refractivity contribution < 1.29 is 42.9 Å². The molecule has 0 aliphatic rings. The average Bonchev–Trinajstić information content (AvgIpc) is 3.36. The van der Waals surface area contributed by atoms with Crippen molar-refractivity contribution >= 4 is 17.9 Å². The molecular weight excluding hydrogens is 911 g/mol. The van der Waals surface area contributed by atoms with Crippen LogP contribution in [0.2, 0.25) is 0 Å². The lowest BCUT2D eigenvalue weighted by molar-refractivity contribution is -0.870. The summed E-state index contributed by atoms with van der Waals surface area (Å²) in [6.45, 7) is 4.80. The predicted molar refractivity (Wildman–Crippen MR) is 306 cm³/mol. The Balaban J connectivity index is 4.15. The number of hydrogen-bond donors (Lipinski definition) is 0. The van der Waals surface area contributed by atoms with Gasteiger partial charge in [-0.25, -0.2) is 0 Å². The van der Waals surface area contributed by atoms with Crippen LogP contribution in [0.15, 0.2) is 24.3 Å². The van der Waals surface area contributed by atoms with Crippen molar-refractivity contribution in [1.29, 1.82) is 0 Å². The highest BCUT2D eigenvalue weighted by atomic mass is 16.7. The van der Waals surface area contributed by atoms with Gasteiger partial charge in [0, 0.05) is 12.8 Å². The minimum absolute atomic E-state index is 0.150. The molecule has 0 heterocycles. The number of carboxylic acid groups (broad SMARTS) is 1. The summed E-state index contributed by atoms with van der Waals surface area (Å²) in [7, 11) is 5.93. The summed E-state index contributed by atoms with van der Waals surface area (Å²) >= 11 is 0. The number of hydrogen-bond acceptors (Lipinski definition) is 8. The Hall–Kier alpha value is -2.23. The largest absolute Gasteiger partial charge is 0.545 e. The van der Waals surface area contributed by atoms with E-state index in [1.54, 1.807) is 0 Å². The molecular formula is C64H121NO8. The summed E-state index contributed by atoms with van der Waals surface area (Å²) < 4.78 is 22.8. The minimum Gasteiger partial charge on any atom is -0.545 e. The van der Waals surface area contributed by atoms with E-state index >= 15 is 0 Å². The van der Waals surface area contributed by atoms with Gasteiger partial charge >= 0.3 is 11.9 Å². The zero-order chi connectivity index (χ0) is 53.4. The number of quaternary nitrogens is 1. The van der Waals surface area contributed by atoms with Gasteiger partial charge in [0.15, 0.2) is 12.4 Å². The molecule has 0 fully saturated rings. The fourth-order valence-electron chi connectivity index (χ4n) is 9.33. The number of ether oxygens (including phenoxy) is 4. The van der Waals surface area contributed by atoms with Crippen molar-refractivity contribution in [2.75, 3.05) is 47.5 Å². The second-order valence-electron chi connectivity index (χ2n) is 22.7. The molecule has 0 aromatic rings. The van der Waals surface area contributed by atoms with Crippen LogP contribution in [0.1, 0.15) is 309 Å². The topological polar surface area (TPSA) is 111 Å². The smallest absolute Gasteiger partial charge is 0.306 e. The number of nitrogens with zero attached hydrogens (tertiary/aromatic N) is 1. The van der Waals surface area contributed by atoms with Crippen molar-refractivity contribution in [2.24, 2.45) is 0 Å². The Bertz CT molecular complexity index is 1250. The van der Waals surface area contributed by atoms with Crippen LogP contribution in [-0.2, 0) is 33.3 Å². The first-order valence-electron chi connectivity index (χ1n) is 31.5. The molecule has 0 aliphatic heterocycles. The van der Waals surface area contributed by atoms with Crippen molar-refractivity contribution in [3.8, 4) is 0 Å². The van der Waals surface area contributed by atoms with Gasteiger partial charge in [-0.15, -0.1) is 0 Å². The molecule has 0 radical (unpaired) electrons. The lowest BCUT2D eigenvalue weighted by atomic mass is 10.0. The van der Waals surface area contributed by atoms with Gasteiger partial charge in [0.05, 0.1) is 40.3 Å². The van der Waals surface area contributed by atoms with E-state index in [2.05, 4.69) is 38.2 Å². The number of carboxylic acids is 1. The highest BCUT2D eigenvalue weighted by molar-refractivity contribution is 5.70. The molecule has 0 amide bonds. The van der Waals surface area contributed by atoms with Gasteiger partial charge in [0.1, 0.15) is 13.2 Å². The van der Waals surface area contributed by atoms with Crippen LogP contribution in [0.5, 0.6) is 0 Å². The minimum atomic E-state index is -1.62. The van der Waals surface area contributed by atoms with Crippen LogP contribution in [0.25, 0.3) is 0 Å². The highest BCUT2D eigenvalue weighted by Gasteiger charge is 2.22. The first kappa shape index (κ1) is 70.8. The molecule has 9 heteroatoms. The van der Waals surface area contributed by atoms with Crippen molar-refractivity contribution in [2.45, 2.75) is 322 Å². The van der Waals surface area contributed by atoms with E-state index in [1.807, 2.05) is 21.1 Å². The molecule has 2 unspecified atom stereocenters. The van der Waals surface area contributed by atoms with Gasteiger partial charge in [-0.2, -0.15) is 0 Å². The second-order valence-corrected chi connectivity index (χ2v) is 22.7. The lowest BCUT2D eigenvalue weighted by Crippen LogP contribution is -2.44. The molecule has 73 heavy (non-hydrogen) atoms. The molecule has 2 atom stereocenters. The molecule has 430 valence electrons. The molecule has 0 N–H and O–H groups in total. The standard InChI is InChI=1S/C64H121NO8/c1-6-8-10-12-14-16-18-20-22-24-26-28-30-31-33-34-36-38-40-42-44-46-48-50-52-54-61(66)71-58-60(59-72-64(63(68)69)70-57-56-65(3,4)5)73-62(67)55-53-51-49-47-45-43-41-39-37-35-32-29-27-25-23-21-19-17-15-13-11-9-7-2/h19,21,25,27,60,64H,6-18,20,22-24,26,28-59H2,1-5H3/b21-19-,27-25-. The molecule has 0 rings (SSSR count). The zero-order valence-electron chi connectivity index (χ0n) is 49.0. The monoisotopic (exact) mass is 1030 g/mol. The third kappa shape index (κ3) is 57.3. The van der Waals surface area contributed by atoms with E-state index < -0.39 is 24.3 Å². The number of allylic oxidation sites excluding steroid dienone is 4. The van der Waals surface area contributed by atoms with Crippen LogP contribution in [0, 0.1) is 0 Å². The van der Waals surface area contributed by atoms with E-state index in [0.29, 0.717) is 23.9 Å². The predicted octanol–water partition coefficient (Wildman–Crippen LogP) is 17.4. The number of rotatable bonds is 59. The normalized spacial score (nSPS) is 12.8. The Kier molecular flexibility index (Phi) is 54.3. The first-order valence-corrected chi connectivity index (χ1v) is 31.5. The summed E-state index contributed by atoms with van der Waals surface area (Å²) in [6, 6.07) is 0. The van der Waals surface area contributed by atoms with E-state index in [4.69, 9.17) is 18.9 Å². The second kappa shape index (κ2) is 56.0. The maximum absolute atomic E-state index is 12.9. The molecule has 0 bridgehead atoms. The molecule has 0 aromatic carbocycles. The van der Waals surface area contributed by atoms with Gasteiger partial charge in [0.25, 0.3) is 0 Å². The van der Waals surface area contributed by atoms with Gasteiger partial charge < -0.3 is 33.3 Å². The highest BCUT2D eigenvalue weighted by Crippen LogP contribution is 2.18. The Morgan fingerprint density at radius 2 is 0.740 bits per heavy atom. The first-order chi connectivity index (χ1) is 35.6. The maximum atomic E-state index is 12.9. The summed E-state index contributed by atoms with van der Waals surface area (Å²) in [4.78, 5) is 37.4. The van der Waals surface area contributed by atoms with E-state index in [-0.39, 0.29) is 32.2 Å². The van der Waals surface area contributed by atoms with Crippen molar-refractivity contribution in [1.82, 2.24) is 0 Å². The third-order valence-corrected chi connectivity index (χ3v) is 14.2. The van der Waals surface area contributed by atoms with Crippen molar-refractivity contribution in [3.63, 3.8) is 0 Å². The van der Waals surface area contributed by atoms with E-state index in [0.717, 1.165) is 44.9 Å². The number of unbranched alkanes of at least 4 members (excludes halogenated alkanes) is 40. The van der Waals surface area contributed by atoms with Crippen LogP contribution in [0.3, 0.4) is 0 Å². The summed E-state index contributed by atoms with van der Waals surface area (Å²) in [5.41, 5.74) is 0. The molecule has 9 nitrogen and oxygen atoms in total. The number of likely N-dealkylation sites (N-methyl/N-ethyl adjacent to an activating group) is 1. The van der Waals surface area contributed by atoms with Crippen LogP contribution < -0.4 is 5.11 Å². The fourth-order valence-corrected chi connectivity index (χ4v) is 9.33. The Morgan fingerprint density at radius 3 is 1.08 bits per heavy atom. The molecule has 0 aliphatic carbocycles. The SMILES string of the molecule is CCCCCCC/C=C\C/C=C\CCCCCCCCCCCCCC(=O)OC(COC(=O)CCCCCCCCCCCCCCCCCCCCCCCCCCC)COC(OCC[N+](C)(C)C)C(=O)[O-]. The molecule has 0 saturated carbocycles. The summed E-state index contributed by atoms with van der Waals surface area (Å²) in [6.07, 6.45) is 63.8. The van der Waals surface area contributed by atoms with Gasteiger partial charge in [-0.3, -0.25) is 9.59 Å². The quantitative estimate of drug-likeness (QED) is 0.0195. The maximum Gasteiger partial charge on any atom is 0.306 e. The van der Waals surface area contributed by atoms with Gasteiger partial charge in [-0.05, 0) is 44.9 Å². The van der Waals surface area contributed by atoms with E-state index in [9.17, 15) is 19.5 Å². The summed E-state index contributed by atoms with van der Waals surface area (Å²) in [5, 5.41) is 11.8. The van der Waals surface area contributed by atoms with Crippen LogP contribution in [0.4, 0.5) is 0 Å². The van der Waals surface area contributed by atoms with Crippen LogP contribution >= 0.6 is 0 Å². The summed E-state index contributed by atoms with van der Waals surface area (Å²) in [5.74, 6) is -2.26. The molecule has 0 spiro atoms. The number of esters is 2. The number of aliphatic carboxylic acids is 1. The molecule has 0 saturated heterocycles. The average molecular weight is 1030 g/mol. The number of carbonyl (C=O) groups is 3. The Labute approximate surface area is 452 Å². The van der Waals surface area contributed by atoms with Crippen LogP contribution in [-0.4, -0.2) is 82.3 Å². The zero-order valence-corrected chi connectivity index (χ0v) is 49.0. The van der Waals surface area contributed by atoms with Gasteiger partial charge in [0.2, 0.25) is 0 Å². The molecule has 0 aromatic heterocycles. The third-order valence-electron chi connectivity index (χ3n) is 14.2. The van der Waals surface area contributed by atoms with E-state index in [1.165, 1.54) is 231 Å². The fraction of sp³-hybridized carbons (Fsp3) is 0.891. The lowest BCUT2D eigenvalue weighted by Gasteiger charge is -2.26. The number of carbonyl (C=O) groups excluding carboxylic acids is 3. The Morgan fingerprint density at radius 1 is 0.411 bits per heavy atom. The van der Waals surface area contributed by atoms with Gasteiger partial charge in [-0.1, -0.05) is 276 Å². The van der Waals surface area contributed by atoms with Crippen molar-refractivity contribution in [3.05, 3.63) is 24.3 Å².